The van der Waals surface area contributed by atoms with Gasteiger partial charge in [-0.15, -0.1) is 11.3 Å². The van der Waals surface area contributed by atoms with E-state index in [2.05, 4.69) is 39.0 Å². The van der Waals surface area contributed by atoms with Crippen molar-refractivity contribution in [3.8, 4) is 0 Å². The van der Waals surface area contributed by atoms with Crippen LogP contribution >= 0.6 is 11.3 Å². The Morgan fingerprint density at radius 2 is 1.88 bits per heavy atom. The van der Waals surface area contributed by atoms with Crippen LogP contribution in [-0.2, 0) is 0 Å². The molecule has 0 fully saturated rings. The molecule has 0 spiro atoms. The van der Waals surface area contributed by atoms with Gasteiger partial charge in [0.05, 0.1) is 6.10 Å². The summed E-state index contributed by atoms with van der Waals surface area (Å²) in [5.41, 5.74) is 0. The molecule has 2 atom stereocenters. The standard InChI is InChI=1S/C15H20OS/c1-10(2)8-11(3)15(16)14-9-12-6-4-5-7-13(12)17-14/h4-7,9-11,15-16H,8H2,1-3H3. The minimum Gasteiger partial charge on any atom is -0.387 e. The summed E-state index contributed by atoms with van der Waals surface area (Å²) >= 11 is 1.71. The van der Waals surface area contributed by atoms with Crippen molar-refractivity contribution in [3.63, 3.8) is 0 Å². The van der Waals surface area contributed by atoms with Crippen LogP contribution in [-0.4, -0.2) is 5.11 Å². The second-order valence-corrected chi connectivity index (χ2v) is 6.35. The summed E-state index contributed by atoms with van der Waals surface area (Å²) in [6.45, 7) is 6.54. The summed E-state index contributed by atoms with van der Waals surface area (Å²) in [6, 6.07) is 10.4. The SMILES string of the molecule is CC(C)CC(C)C(O)c1cc2ccccc2s1. The van der Waals surface area contributed by atoms with Gasteiger partial charge < -0.3 is 5.11 Å². The zero-order valence-corrected chi connectivity index (χ0v) is 11.5. The van der Waals surface area contributed by atoms with Crippen LogP contribution in [0.3, 0.4) is 0 Å². The first kappa shape index (κ1) is 12.6. The van der Waals surface area contributed by atoms with E-state index in [-0.39, 0.29) is 6.10 Å². The third-order valence-corrected chi connectivity index (χ3v) is 4.31. The number of hydrogen-bond acceptors (Lipinski definition) is 2. The number of aliphatic hydroxyl groups is 1. The molecule has 0 bridgehead atoms. The van der Waals surface area contributed by atoms with Crippen LogP contribution in [0, 0.1) is 11.8 Å². The second kappa shape index (κ2) is 5.19. The van der Waals surface area contributed by atoms with Crippen molar-refractivity contribution in [1.82, 2.24) is 0 Å². The van der Waals surface area contributed by atoms with Gasteiger partial charge in [0.1, 0.15) is 0 Å². The Morgan fingerprint density at radius 3 is 2.53 bits per heavy atom. The van der Waals surface area contributed by atoms with Crippen LogP contribution in [0.1, 0.15) is 38.2 Å². The first-order chi connectivity index (χ1) is 8.08. The van der Waals surface area contributed by atoms with Gasteiger partial charge in [0.2, 0.25) is 0 Å². The number of aliphatic hydroxyl groups excluding tert-OH is 1. The number of thiophene rings is 1. The lowest BCUT2D eigenvalue weighted by atomic mass is 9.93. The summed E-state index contributed by atoms with van der Waals surface area (Å²) < 4.78 is 1.26. The van der Waals surface area contributed by atoms with E-state index in [0.717, 1.165) is 11.3 Å². The van der Waals surface area contributed by atoms with Crippen molar-refractivity contribution in [2.75, 3.05) is 0 Å². The van der Waals surface area contributed by atoms with Crippen molar-refractivity contribution in [2.24, 2.45) is 11.8 Å². The Hall–Kier alpha value is -0.860. The zero-order chi connectivity index (χ0) is 12.4. The molecule has 1 N–H and O–H groups in total. The number of rotatable bonds is 4. The molecular formula is C15H20OS. The van der Waals surface area contributed by atoms with Gasteiger partial charge in [-0.1, -0.05) is 39.0 Å². The highest BCUT2D eigenvalue weighted by molar-refractivity contribution is 7.19. The van der Waals surface area contributed by atoms with Crippen molar-refractivity contribution in [2.45, 2.75) is 33.3 Å². The van der Waals surface area contributed by atoms with Crippen LogP contribution in [0.4, 0.5) is 0 Å². The lowest BCUT2D eigenvalue weighted by molar-refractivity contribution is 0.109. The van der Waals surface area contributed by atoms with Gasteiger partial charge in [-0.05, 0) is 35.8 Å². The smallest absolute Gasteiger partial charge is 0.0907 e. The van der Waals surface area contributed by atoms with Crippen molar-refractivity contribution < 1.29 is 5.11 Å². The molecule has 0 amide bonds. The molecule has 0 aliphatic carbocycles. The molecule has 0 saturated carbocycles. The molecule has 1 heterocycles. The fraction of sp³-hybridized carbons (Fsp3) is 0.467. The van der Waals surface area contributed by atoms with Crippen molar-refractivity contribution in [1.29, 1.82) is 0 Å². The lowest BCUT2D eigenvalue weighted by Crippen LogP contribution is -2.10. The first-order valence-electron chi connectivity index (χ1n) is 6.24. The average Bonchev–Trinajstić information content (AvgIpc) is 2.70. The summed E-state index contributed by atoms with van der Waals surface area (Å²) in [4.78, 5) is 1.10. The Bertz CT molecular complexity index is 453. The molecule has 0 aliphatic rings. The molecule has 1 nitrogen and oxygen atoms in total. The molecule has 2 unspecified atom stereocenters. The molecular weight excluding hydrogens is 228 g/mol. The zero-order valence-electron chi connectivity index (χ0n) is 10.7. The van der Waals surface area contributed by atoms with Crippen LogP contribution in [0.15, 0.2) is 30.3 Å². The summed E-state index contributed by atoms with van der Waals surface area (Å²) in [7, 11) is 0. The number of fused-ring (bicyclic) bond motifs is 1. The highest BCUT2D eigenvalue weighted by Crippen LogP contribution is 2.35. The molecule has 0 aliphatic heterocycles. The van der Waals surface area contributed by atoms with Gasteiger partial charge >= 0.3 is 0 Å². The molecule has 0 saturated heterocycles. The van der Waals surface area contributed by atoms with E-state index in [0.29, 0.717) is 11.8 Å². The minimum atomic E-state index is -0.324. The maximum atomic E-state index is 10.3. The van der Waals surface area contributed by atoms with Gasteiger partial charge in [0, 0.05) is 9.58 Å². The van der Waals surface area contributed by atoms with E-state index >= 15 is 0 Å². The molecule has 1 aromatic heterocycles. The van der Waals surface area contributed by atoms with Gasteiger partial charge in [-0.3, -0.25) is 0 Å². The van der Waals surface area contributed by atoms with E-state index in [1.54, 1.807) is 11.3 Å². The van der Waals surface area contributed by atoms with Gasteiger partial charge in [-0.2, -0.15) is 0 Å². The molecule has 1 aromatic carbocycles. The topological polar surface area (TPSA) is 20.2 Å². The Kier molecular flexibility index (Phi) is 3.85. The summed E-state index contributed by atoms with van der Waals surface area (Å²) in [5.74, 6) is 0.956. The Labute approximate surface area is 107 Å². The highest BCUT2D eigenvalue weighted by Gasteiger charge is 2.19. The Morgan fingerprint density at radius 1 is 1.18 bits per heavy atom. The highest BCUT2D eigenvalue weighted by atomic mass is 32.1. The van der Waals surface area contributed by atoms with E-state index in [4.69, 9.17) is 0 Å². The third-order valence-electron chi connectivity index (χ3n) is 3.12. The molecule has 92 valence electrons. The molecule has 2 aromatic rings. The number of benzene rings is 1. The Balaban J connectivity index is 2.21. The van der Waals surface area contributed by atoms with Crippen LogP contribution < -0.4 is 0 Å². The van der Waals surface area contributed by atoms with Gasteiger partial charge in [0.25, 0.3) is 0 Å². The normalized spacial score (nSPS) is 15.4. The largest absolute Gasteiger partial charge is 0.387 e. The van der Waals surface area contributed by atoms with Crippen LogP contribution in [0.2, 0.25) is 0 Å². The number of hydrogen-bond donors (Lipinski definition) is 1. The fourth-order valence-corrected chi connectivity index (χ4v) is 3.49. The predicted molar refractivity (Wildman–Crippen MR) is 75.4 cm³/mol. The fourth-order valence-electron chi connectivity index (χ4n) is 2.30. The minimum absolute atomic E-state index is 0.322. The maximum absolute atomic E-state index is 10.3. The lowest BCUT2D eigenvalue weighted by Gasteiger charge is -2.19. The van der Waals surface area contributed by atoms with Crippen molar-refractivity contribution >= 4 is 21.4 Å². The van der Waals surface area contributed by atoms with Crippen LogP contribution in [0.25, 0.3) is 10.1 Å². The maximum Gasteiger partial charge on any atom is 0.0907 e. The quantitative estimate of drug-likeness (QED) is 0.837. The van der Waals surface area contributed by atoms with Gasteiger partial charge in [-0.25, -0.2) is 0 Å². The second-order valence-electron chi connectivity index (χ2n) is 5.24. The van der Waals surface area contributed by atoms with E-state index in [1.807, 2.05) is 12.1 Å². The van der Waals surface area contributed by atoms with Crippen molar-refractivity contribution in [3.05, 3.63) is 35.2 Å². The van der Waals surface area contributed by atoms with E-state index in [9.17, 15) is 5.11 Å². The molecule has 2 heteroatoms. The summed E-state index contributed by atoms with van der Waals surface area (Å²) in [5, 5.41) is 11.6. The predicted octanol–water partition coefficient (Wildman–Crippen LogP) is 4.62. The van der Waals surface area contributed by atoms with Gasteiger partial charge in [0.15, 0.2) is 0 Å². The summed E-state index contributed by atoms with van der Waals surface area (Å²) in [6.07, 6.45) is 0.741. The van der Waals surface area contributed by atoms with E-state index in [1.165, 1.54) is 10.1 Å². The average molecular weight is 248 g/mol. The van der Waals surface area contributed by atoms with E-state index < -0.39 is 0 Å². The molecule has 17 heavy (non-hydrogen) atoms. The monoisotopic (exact) mass is 248 g/mol. The molecule has 0 radical (unpaired) electrons. The molecule has 2 rings (SSSR count). The first-order valence-corrected chi connectivity index (χ1v) is 7.06. The third kappa shape index (κ3) is 2.88. The van der Waals surface area contributed by atoms with Crippen LogP contribution in [0.5, 0.6) is 0 Å².